The summed E-state index contributed by atoms with van der Waals surface area (Å²) in [4.78, 5) is 21.8. The summed E-state index contributed by atoms with van der Waals surface area (Å²) in [5, 5.41) is 0. The Kier molecular flexibility index (Phi) is 8.75. The van der Waals surface area contributed by atoms with Crippen molar-refractivity contribution < 1.29 is 0 Å². The fraction of sp³-hybridized carbons (Fsp3) is 0.132. The van der Waals surface area contributed by atoms with Crippen molar-refractivity contribution in [2.75, 3.05) is 0 Å². The Bertz CT molecular complexity index is 2810. The van der Waals surface area contributed by atoms with Crippen molar-refractivity contribution in [2.45, 2.75) is 44.9 Å². The predicted octanol–water partition coefficient (Wildman–Crippen LogP) is 13.4. The minimum atomic E-state index is -0.142. The van der Waals surface area contributed by atoms with Crippen LogP contribution in [0.15, 0.2) is 170 Å². The first-order valence-electron chi connectivity index (χ1n) is 20.0. The average Bonchev–Trinajstić information content (AvgIpc) is 3.53. The van der Waals surface area contributed by atoms with E-state index in [4.69, 9.17) is 19.9 Å². The van der Waals surface area contributed by atoms with Crippen LogP contribution in [-0.2, 0) is 5.41 Å². The van der Waals surface area contributed by atoms with E-state index in [0.717, 1.165) is 98.8 Å². The van der Waals surface area contributed by atoms with Crippen molar-refractivity contribution in [1.29, 1.82) is 0 Å². The maximum atomic E-state index is 5.76. The van der Waals surface area contributed by atoms with Crippen LogP contribution in [0.5, 0.6) is 0 Å². The predicted molar refractivity (Wildman–Crippen MR) is 235 cm³/mol. The standard InChI is InChI=1S/C53H42N4/c1-53(2)43-31-16-15-29-41(43)47-42(30-18-32-44(47)53)51-49(38-25-13-6-14-26-38)56-48(37-23-11-5-12-24-37)50(57-51)39-27-17-28-40(33-39)52-54-45(35-19-7-3-8-20-35)34-46(55-52)36-21-9-4-10-22-36/h3,5,7-9,11-13,15-34H,4,6,10,14H2,1-2H3. The minimum Gasteiger partial charge on any atom is -0.243 e. The first-order valence-corrected chi connectivity index (χ1v) is 20.0. The number of benzene rings is 5. The van der Waals surface area contributed by atoms with Gasteiger partial charge in [-0.25, -0.2) is 19.9 Å². The first kappa shape index (κ1) is 34.7. The molecule has 4 heteroatoms. The number of hydrogen-bond acceptors (Lipinski definition) is 4. The van der Waals surface area contributed by atoms with Crippen molar-refractivity contribution in [3.63, 3.8) is 0 Å². The van der Waals surface area contributed by atoms with Gasteiger partial charge in [0, 0.05) is 33.2 Å². The molecule has 5 aromatic carbocycles. The molecule has 0 N–H and O–H groups in total. The number of rotatable bonds is 7. The van der Waals surface area contributed by atoms with E-state index in [2.05, 4.69) is 178 Å². The fourth-order valence-electron chi connectivity index (χ4n) is 8.65. The molecule has 3 aliphatic rings. The zero-order valence-corrected chi connectivity index (χ0v) is 32.3. The second kappa shape index (κ2) is 14.4. The molecule has 0 radical (unpaired) electrons. The summed E-state index contributed by atoms with van der Waals surface area (Å²) >= 11 is 0. The van der Waals surface area contributed by atoms with Crippen LogP contribution < -0.4 is 0 Å². The van der Waals surface area contributed by atoms with Gasteiger partial charge in [-0.2, -0.15) is 0 Å². The van der Waals surface area contributed by atoms with Crippen molar-refractivity contribution in [3.8, 4) is 67.5 Å². The lowest BCUT2D eigenvalue weighted by atomic mass is 9.82. The average molecular weight is 735 g/mol. The molecule has 0 aliphatic heterocycles. The van der Waals surface area contributed by atoms with Gasteiger partial charge in [0.2, 0.25) is 0 Å². The Labute approximate surface area is 334 Å². The molecule has 0 atom stereocenters. The monoisotopic (exact) mass is 734 g/mol. The van der Waals surface area contributed by atoms with Crippen molar-refractivity contribution in [3.05, 3.63) is 192 Å². The molecule has 0 amide bonds. The molecule has 0 spiro atoms. The molecule has 0 saturated heterocycles. The molecule has 0 saturated carbocycles. The number of fused-ring (bicyclic) bond motifs is 3. The Morgan fingerprint density at radius 2 is 1.00 bits per heavy atom. The number of aromatic nitrogens is 4. The van der Waals surface area contributed by atoms with Gasteiger partial charge < -0.3 is 0 Å². The van der Waals surface area contributed by atoms with Crippen LogP contribution in [-0.4, -0.2) is 19.9 Å². The largest absolute Gasteiger partial charge is 0.243 e. The van der Waals surface area contributed by atoms with E-state index in [1.54, 1.807) is 0 Å². The van der Waals surface area contributed by atoms with E-state index < -0.39 is 0 Å². The number of allylic oxidation sites excluding steroid dienone is 8. The van der Waals surface area contributed by atoms with Crippen LogP contribution in [0, 0.1) is 0 Å². The summed E-state index contributed by atoms with van der Waals surface area (Å²) in [6.45, 7) is 4.66. The van der Waals surface area contributed by atoms with Crippen molar-refractivity contribution in [2.24, 2.45) is 0 Å². The summed E-state index contributed by atoms with van der Waals surface area (Å²) in [7, 11) is 0. The molecule has 274 valence electrons. The van der Waals surface area contributed by atoms with E-state index in [-0.39, 0.29) is 5.41 Å². The maximum absolute atomic E-state index is 5.76. The molecule has 57 heavy (non-hydrogen) atoms. The van der Waals surface area contributed by atoms with Crippen LogP contribution in [0.2, 0.25) is 0 Å². The zero-order chi connectivity index (χ0) is 38.3. The molecule has 0 unspecified atom stereocenters. The lowest BCUT2D eigenvalue weighted by Crippen LogP contribution is -2.14. The molecule has 2 heterocycles. The quantitative estimate of drug-likeness (QED) is 0.164. The fourth-order valence-corrected chi connectivity index (χ4v) is 8.65. The molecule has 10 rings (SSSR count). The Balaban J connectivity index is 1.21. The van der Waals surface area contributed by atoms with Crippen molar-refractivity contribution >= 4 is 11.1 Å². The summed E-state index contributed by atoms with van der Waals surface area (Å²) in [5.41, 5.74) is 17.6. The van der Waals surface area contributed by atoms with Crippen LogP contribution in [0.3, 0.4) is 0 Å². The van der Waals surface area contributed by atoms with Gasteiger partial charge in [0.25, 0.3) is 0 Å². The highest BCUT2D eigenvalue weighted by molar-refractivity contribution is 5.96. The summed E-state index contributed by atoms with van der Waals surface area (Å²) in [6, 6.07) is 47.0. The third kappa shape index (κ3) is 6.28. The molecule has 7 aromatic rings. The summed E-state index contributed by atoms with van der Waals surface area (Å²) in [6.07, 6.45) is 17.5. The summed E-state index contributed by atoms with van der Waals surface area (Å²) in [5.74, 6) is 0.677. The van der Waals surface area contributed by atoms with Crippen LogP contribution in [0.1, 0.15) is 62.0 Å². The normalized spacial score (nSPS) is 15.1. The van der Waals surface area contributed by atoms with E-state index in [9.17, 15) is 0 Å². The highest BCUT2D eigenvalue weighted by Gasteiger charge is 2.37. The minimum absolute atomic E-state index is 0.142. The molecule has 0 bridgehead atoms. The molecule has 2 aromatic heterocycles. The van der Waals surface area contributed by atoms with E-state index in [0.29, 0.717) is 5.82 Å². The Morgan fingerprint density at radius 3 is 1.75 bits per heavy atom. The van der Waals surface area contributed by atoms with Gasteiger partial charge in [0.05, 0.1) is 34.2 Å². The topological polar surface area (TPSA) is 51.6 Å². The second-order valence-electron chi connectivity index (χ2n) is 15.6. The first-order chi connectivity index (χ1) is 28.0. The maximum Gasteiger partial charge on any atom is 0.160 e. The smallest absolute Gasteiger partial charge is 0.160 e. The third-order valence-corrected chi connectivity index (χ3v) is 11.6. The number of hydrogen-bond donors (Lipinski definition) is 0. The SMILES string of the molecule is CC1(C)c2ccccc2-c2c(-c3nc(-c4cccc(-c5nc(C6=CCCC=C6)cc(-c6ccccc6)n5)c4)c(-c4ccccc4)nc3C3=CCCC=C3)cccc21. The van der Waals surface area contributed by atoms with E-state index in [1.807, 2.05) is 6.07 Å². The lowest BCUT2D eigenvalue weighted by molar-refractivity contribution is 0.660. The van der Waals surface area contributed by atoms with Crippen LogP contribution in [0.25, 0.3) is 78.7 Å². The van der Waals surface area contributed by atoms with Gasteiger partial charge >= 0.3 is 0 Å². The zero-order valence-electron chi connectivity index (χ0n) is 32.3. The second-order valence-corrected chi connectivity index (χ2v) is 15.6. The van der Waals surface area contributed by atoms with Gasteiger partial charge in [-0.3, -0.25) is 0 Å². The van der Waals surface area contributed by atoms with Gasteiger partial charge in [-0.1, -0.05) is 172 Å². The van der Waals surface area contributed by atoms with Gasteiger partial charge in [-0.05, 0) is 71.2 Å². The molecule has 4 nitrogen and oxygen atoms in total. The van der Waals surface area contributed by atoms with Crippen molar-refractivity contribution in [1.82, 2.24) is 19.9 Å². The molecular weight excluding hydrogens is 693 g/mol. The van der Waals surface area contributed by atoms with Crippen LogP contribution in [0.4, 0.5) is 0 Å². The van der Waals surface area contributed by atoms with Gasteiger partial charge in [0.15, 0.2) is 5.82 Å². The molecule has 3 aliphatic carbocycles. The van der Waals surface area contributed by atoms with E-state index in [1.165, 1.54) is 22.3 Å². The number of nitrogens with zero attached hydrogens (tertiary/aromatic N) is 4. The van der Waals surface area contributed by atoms with E-state index >= 15 is 0 Å². The van der Waals surface area contributed by atoms with Crippen LogP contribution >= 0.6 is 0 Å². The Hall–Kier alpha value is -6.78. The Morgan fingerprint density at radius 1 is 0.421 bits per heavy atom. The highest BCUT2D eigenvalue weighted by Crippen LogP contribution is 2.52. The summed E-state index contributed by atoms with van der Waals surface area (Å²) < 4.78 is 0. The molecule has 0 fully saturated rings. The van der Waals surface area contributed by atoms with Gasteiger partial charge in [0.1, 0.15) is 0 Å². The lowest BCUT2D eigenvalue weighted by Gasteiger charge is -2.22. The highest BCUT2D eigenvalue weighted by atomic mass is 14.9. The third-order valence-electron chi connectivity index (χ3n) is 11.6. The molecular formula is C53H42N4. The van der Waals surface area contributed by atoms with Gasteiger partial charge in [-0.15, -0.1) is 0 Å².